The Hall–Kier alpha value is -0.490. The third kappa shape index (κ3) is 2.84. The number of nitrogens with one attached hydrogen (secondary N) is 1. The highest BCUT2D eigenvalue weighted by Crippen LogP contribution is 2.59. The Balaban J connectivity index is 1.89. The minimum absolute atomic E-state index is 0.0798. The van der Waals surface area contributed by atoms with E-state index < -0.39 is 10.4 Å². The van der Waals surface area contributed by atoms with Gasteiger partial charge in [-0.2, -0.15) is 0 Å². The summed E-state index contributed by atoms with van der Waals surface area (Å²) in [5.41, 5.74) is 2.35. The Kier molecular flexibility index (Phi) is 3.92. The summed E-state index contributed by atoms with van der Waals surface area (Å²) in [6, 6.07) is -0.0798. The van der Waals surface area contributed by atoms with Crippen LogP contribution in [0.4, 0.5) is 4.79 Å². The first-order valence-electron chi connectivity index (χ1n) is 7.80. The van der Waals surface area contributed by atoms with Crippen LogP contribution in [0.15, 0.2) is 0 Å². The molecule has 4 saturated carbocycles. The number of hydrogen-bond donors (Lipinski definition) is 2. The minimum Gasteiger partial charge on any atom is -0.464 e. The minimum atomic E-state index is -1.19. The number of nitrogens with zero attached hydrogens (tertiary/aromatic N) is 1. The molecule has 2 N–H and O–H groups in total. The molecule has 124 valence electrons. The molecular formula is C15H22BrClN2O3. The fraction of sp³-hybridized carbons (Fsp3) is 0.867. The number of alkyl halides is 2. The standard InChI is InChI=1S/C15H22BrClN2O3/c1-14(2,16)12(20)19(18-13(21)22)11-9-3-8-4-10(11)7-15(17,5-8)6-9/h8-11,18H,3-7H2,1-2H3,(H,21,22). The van der Waals surface area contributed by atoms with Crippen molar-refractivity contribution in [3.8, 4) is 0 Å². The van der Waals surface area contributed by atoms with Gasteiger partial charge in [0.25, 0.3) is 5.91 Å². The van der Waals surface area contributed by atoms with E-state index in [9.17, 15) is 9.59 Å². The maximum atomic E-state index is 12.7. The average Bonchev–Trinajstić information content (AvgIpc) is 2.32. The summed E-state index contributed by atoms with van der Waals surface area (Å²) < 4.78 is -0.803. The SMILES string of the molecule is CC(C)(Br)C(=O)N(NC(=O)O)C1C2CC3CC1CC(Cl)(C3)C2. The van der Waals surface area contributed by atoms with E-state index in [0.29, 0.717) is 5.92 Å². The zero-order chi connectivity index (χ0) is 16.3. The molecule has 0 saturated heterocycles. The zero-order valence-electron chi connectivity index (χ0n) is 12.8. The molecule has 5 nitrogen and oxygen atoms in total. The normalized spacial score (nSPS) is 39.6. The summed E-state index contributed by atoms with van der Waals surface area (Å²) in [4.78, 5) is 23.8. The predicted molar refractivity (Wildman–Crippen MR) is 86.9 cm³/mol. The Labute approximate surface area is 143 Å². The molecule has 0 heterocycles. The number of hydrogen-bond acceptors (Lipinski definition) is 2. The van der Waals surface area contributed by atoms with Gasteiger partial charge in [-0.1, -0.05) is 15.9 Å². The van der Waals surface area contributed by atoms with Crippen LogP contribution in [0.2, 0.25) is 0 Å². The molecule has 0 radical (unpaired) electrons. The number of rotatable bonds is 2. The van der Waals surface area contributed by atoms with Gasteiger partial charge in [-0.3, -0.25) is 4.79 Å². The van der Waals surface area contributed by atoms with Crippen molar-refractivity contribution in [2.75, 3.05) is 0 Å². The second-order valence-electron chi connectivity index (χ2n) is 7.68. The van der Waals surface area contributed by atoms with Gasteiger partial charge in [-0.25, -0.2) is 15.2 Å². The molecule has 0 aromatic carbocycles. The van der Waals surface area contributed by atoms with Crippen LogP contribution < -0.4 is 5.43 Å². The van der Waals surface area contributed by atoms with Crippen LogP contribution in [0.1, 0.15) is 46.0 Å². The molecule has 4 aliphatic carbocycles. The van der Waals surface area contributed by atoms with Gasteiger partial charge in [0.2, 0.25) is 0 Å². The molecule has 2 atom stereocenters. The second kappa shape index (κ2) is 5.26. The van der Waals surface area contributed by atoms with Crippen molar-refractivity contribution in [1.29, 1.82) is 0 Å². The maximum Gasteiger partial charge on any atom is 0.423 e. The first-order valence-corrected chi connectivity index (χ1v) is 8.97. The van der Waals surface area contributed by atoms with E-state index in [0.717, 1.165) is 32.1 Å². The van der Waals surface area contributed by atoms with Gasteiger partial charge >= 0.3 is 6.09 Å². The topological polar surface area (TPSA) is 69.6 Å². The number of halogens is 2. The van der Waals surface area contributed by atoms with Crippen molar-refractivity contribution in [2.45, 2.75) is 61.2 Å². The predicted octanol–water partition coefficient (Wildman–Crippen LogP) is 3.36. The van der Waals surface area contributed by atoms with Crippen molar-refractivity contribution < 1.29 is 14.7 Å². The Morgan fingerprint density at radius 1 is 1.27 bits per heavy atom. The smallest absolute Gasteiger partial charge is 0.423 e. The fourth-order valence-electron chi connectivity index (χ4n) is 4.97. The van der Waals surface area contributed by atoms with E-state index in [2.05, 4.69) is 21.4 Å². The lowest BCUT2D eigenvalue weighted by molar-refractivity contribution is -0.149. The van der Waals surface area contributed by atoms with Crippen molar-refractivity contribution in [3.63, 3.8) is 0 Å². The lowest BCUT2D eigenvalue weighted by atomic mass is 9.53. The van der Waals surface area contributed by atoms with Gasteiger partial charge in [-0.05, 0) is 63.7 Å². The van der Waals surface area contributed by atoms with Crippen molar-refractivity contribution in [1.82, 2.24) is 10.4 Å². The fourth-order valence-corrected chi connectivity index (χ4v) is 5.78. The zero-order valence-corrected chi connectivity index (χ0v) is 15.2. The van der Waals surface area contributed by atoms with E-state index >= 15 is 0 Å². The van der Waals surface area contributed by atoms with Crippen LogP contribution in [0.3, 0.4) is 0 Å². The monoisotopic (exact) mass is 392 g/mol. The van der Waals surface area contributed by atoms with E-state index in [4.69, 9.17) is 16.7 Å². The molecule has 22 heavy (non-hydrogen) atoms. The number of hydrazine groups is 1. The third-order valence-electron chi connectivity index (χ3n) is 5.39. The molecular weight excluding hydrogens is 372 g/mol. The molecule has 4 aliphatic rings. The van der Waals surface area contributed by atoms with Crippen LogP contribution in [-0.2, 0) is 4.79 Å². The summed E-state index contributed by atoms with van der Waals surface area (Å²) >= 11 is 10.1. The molecule has 4 fully saturated rings. The van der Waals surface area contributed by atoms with Crippen molar-refractivity contribution in [2.24, 2.45) is 17.8 Å². The van der Waals surface area contributed by atoms with Gasteiger partial charge < -0.3 is 5.11 Å². The largest absolute Gasteiger partial charge is 0.464 e. The summed E-state index contributed by atoms with van der Waals surface area (Å²) in [6.07, 6.45) is 3.71. The lowest BCUT2D eigenvalue weighted by Crippen LogP contribution is -2.66. The van der Waals surface area contributed by atoms with Crippen LogP contribution in [0, 0.1) is 17.8 Å². The first kappa shape index (κ1) is 16.4. The first-order chi connectivity index (χ1) is 10.1. The highest BCUT2D eigenvalue weighted by Gasteiger charge is 2.57. The average molecular weight is 394 g/mol. The van der Waals surface area contributed by atoms with Crippen molar-refractivity contribution in [3.05, 3.63) is 0 Å². The third-order valence-corrected chi connectivity index (χ3v) is 6.19. The molecule has 2 amide bonds. The second-order valence-corrected chi connectivity index (χ2v) is 10.5. The molecule has 0 aromatic rings. The molecule has 0 spiro atoms. The molecule has 7 heteroatoms. The Morgan fingerprint density at radius 2 is 1.82 bits per heavy atom. The van der Waals surface area contributed by atoms with Gasteiger partial charge in [0.15, 0.2) is 0 Å². The summed E-state index contributed by atoms with van der Waals surface area (Å²) in [5, 5.41) is 10.5. The van der Waals surface area contributed by atoms with Crippen LogP contribution >= 0.6 is 27.5 Å². The van der Waals surface area contributed by atoms with E-state index in [1.165, 1.54) is 5.01 Å². The molecule has 2 unspecified atom stereocenters. The van der Waals surface area contributed by atoms with Crippen LogP contribution in [0.5, 0.6) is 0 Å². The summed E-state index contributed by atoms with van der Waals surface area (Å²) in [5.74, 6) is 0.963. The molecule has 4 rings (SSSR count). The summed E-state index contributed by atoms with van der Waals surface area (Å²) in [6.45, 7) is 3.48. The van der Waals surface area contributed by atoms with Crippen LogP contribution in [0.25, 0.3) is 0 Å². The van der Waals surface area contributed by atoms with Gasteiger partial charge in [0.1, 0.15) is 4.32 Å². The van der Waals surface area contributed by atoms with Gasteiger partial charge in [-0.15, -0.1) is 11.6 Å². The van der Waals surface area contributed by atoms with E-state index in [1.807, 2.05) is 0 Å². The maximum absolute atomic E-state index is 12.7. The van der Waals surface area contributed by atoms with Crippen LogP contribution in [-0.4, -0.2) is 37.4 Å². The number of carboxylic acid groups (broad SMARTS) is 1. The molecule has 4 bridgehead atoms. The molecule has 0 aliphatic heterocycles. The lowest BCUT2D eigenvalue weighted by Gasteiger charge is -2.59. The van der Waals surface area contributed by atoms with Gasteiger partial charge in [0.05, 0.1) is 6.04 Å². The van der Waals surface area contributed by atoms with E-state index in [-0.39, 0.29) is 28.7 Å². The number of amides is 2. The quantitative estimate of drug-likeness (QED) is 0.558. The highest BCUT2D eigenvalue weighted by atomic mass is 79.9. The van der Waals surface area contributed by atoms with Crippen molar-refractivity contribution >= 4 is 39.5 Å². The number of carbonyl (C=O) groups excluding carboxylic acids is 1. The molecule has 0 aromatic heterocycles. The Morgan fingerprint density at radius 3 is 2.23 bits per heavy atom. The number of carbonyl (C=O) groups is 2. The highest BCUT2D eigenvalue weighted by molar-refractivity contribution is 9.10. The van der Waals surface area contributed by atoms with Gasteiger partial charge in [0, 0.05) is 4.87 Å². The Bertz CT molecular complexity index is 492. The summed E-state index contributed by atoms with van der Waals surface area (Å²) in [7, 11) is 0. The van der Waals surface area contributed by atoms with E-state index in [1.54, 1.807) is 13.8 Å².